The zero-order valence-corrected chi connectivity index (χ0v) is 7.87. The number of aryl methyl sites for hydroxylation is 1. The minimum Gasteiger partial charge on any atom is -0.467 e. The molecule has 1 N–H and O–H groups in total. The van der Waals surface area contributed by atoms with Crippen LogP contribution >= 0.6 is 0 Å². The van der Waals surface area contributed by atoms with E-state index in [4.69, 9.17) is 4.74 Å². The molecule has 0 aromatic carbocycles. The van der Waals surface area contributed by atoms with Crippen molar-refractivity contribution < 1.29 is 4.74 Å². The minimum absolute atomic E-state index is 0.158. The Morgan fingerprint density at radius 3 is 2.93 bits per heavy atom. The lowest BCUT2D eigenvalue weighted by molar-refractivity contribution is 0.381. The molecule has 0 unspecified atom stereocenters. The number of methoxy groups -OCH3 is 1. The van der Waals surface area contributed by atoms with Crippen molar-refractivity contribution in [2.75, 3.05) is 7.11 Å². The van der Waals surface area contributed by atoms with Crippen molar-refractivity contribution in [3.05, 3.63) is 28.3 Å². The summed E-state index contributed by atoms with van der Waals surface area (Å²) >= 11 is 0. The third-order valence-corrected chi connectivity index (χ3v) is 1.95. The molecule has 0 saturated carbocycles. The molecule has 0 radical (unpaired) electrons. The molecule has 0 aliphatic heterocycles. The van der Waals surface area contributed by atoms with Crippen molar-refractivity contribution in [3.8, 4) is 6.01 Å². The van der Waals surface area contributed by atoms with Crippen LogP contribution in [-0.4, -0.2) is 22.1 Å². The van der Waals surface area contributed by atoms with Gasteiger partial charge in [0.1, 0.15) is 0 Å². The smallest absolute Gasteiger partial charge is 0.316 e. The predicted molar refractivity (Wildman–Crippen MR) is 51.4 cm³/mol. The number of hydrogen-bond donors (Lipinski definition) is 1. The molecule has 2 aromatic rings. The van der Waals surface area contributed by atoms with E-state index in [0.29, 0.717) is 11.5 Å². The Bertz CT molecular complexity index is 533. The third-order valence-electron chi connectivity index (χ3n) is 1.95. The number of ether oxygens (including phenoxy) is 1. The number of fused-ring (bicyclic) bond motifs is 1. The van der Waals surface area contributed by atoms with Crippen LogP contribution in [0.15, 0.2) is 17.1 Å². The first-order valence-electron chi connectivity index (χ1n) is 4.12. The van der Waals surface area contributed by atoms with E-state index in [1.807, 2.05) is 6.92 Å². The molecule has 0 atom stereocenters. The fourth-order valence-corrected chi connectivity index (χ4v) is 1.27. The highest BCUT2D eigenvalue weighted by molar-refractivity contribution is 5.79. The molecule has 0 spiro atoms. The summed E-state index contributed by atoms with van der Waals surface area (Å²) in [5.74, 6) is 0. The Balaban J connectivity index is 2.83. The zero-order chi connectivity index (χ0) is 10.1. The van der Waals surface area contributed by atoms with E-state index in [1.165, 1.54) is 13.2 Å². The molecular weight excluding hydrogens is 182 g/mol. The van der Waals surface area contributed by atoms with Gasteiger partial charge in [0.25, 0.3) is 0 Å². The van der Waals surface area contributed by atoms with E-state index in [9.17, 15) is 4.79 Å². The lowest BCUT2D eigenvalue weighted by atomic mass is 10.2. The average Bonchev–Trinajstić information content (AvgIpc) is 2.19. The van der Waals surface area contributed by atoms with E-state index in [2.05, 4.69) is 15.0 Å². The summed E-state index contributed by atoms with van der Waals surface area (Å²) in [6.45, 7) is 1.81. The molecule has 0 aliphatic carbocycles. The van der Waals surface area contributed by atoms with Crippen molar-refractivity contribution in [3.63, 3.8) is 0 Å². The monoisotopic (exact) mass is 191 g/mol. The summed E-state index contributed by atoms with van der Waals surface area (Å²) in [6, 6.07) is 1.78. The molecule has 2 rings (SSSR count). The van der Waals surface area contributed by atoms with E-state index >= 15 is 0 Å². The second-order valence-corrected chi connectivity index (χ2v) is 2.89. The highest BCUT2D eigenvalue weighted by atomic mass is 16.5. The van der Waals surface area contributed by atoms with Gasteiger partial charge in [-0.1, -0.05) is 0 Å². The zero-order valence-electron chi connectivity index (χ0n) is 7.87. The van der Waals surface area contributed by atoms with E-state index < -0.39 is 0 Å². The fraction of sp³-hybridized carbons (Fsp3) is 0.222. The number of nitrogens with one attached hydrogen (secondary N) is 1. The summed E-state index contributed by atoms with van der Waals surface area (Å²) in [5.41, 5.74) is 1.25. The molecule has 72 valence electrons. The Labute approximate surface area is 79.8 Å². The minimum atomic E-state index is -0.158. The summed E-state index contributed by atoms with van der Waals surface area (Å²) in [6.07, 6.45) is 1.55. The molecule has 0 bridgehead atoms. The van der Waals surface area contributed by atoms with E-state index in [1.54, 1.807) is 6.20 Å². The Morgan fingerprint density at radius 1 is 1.43 bits per heavy atom. The van der Waals surface area contributed by atoms with E-state index in [-0.39, 0.29) is 5.56 Å². The highest BCUT2D eigenvalue weighted by Gasteiger charge is 2.04. The third kappa shape index (κ3) is 1.32. The van der Waals surface area contributed by atoms with Gasteiger partial charge in [-0.05, 0) is 6.92 Å². The SMILES string of the molecule is COc1nc(C)c2cc(=O)[nH]cc2n1. The standard InChI is InChI=1S/C9H9N3O2/c1-5-6-3-8(13)10-4-7(6)12-9(11-5)14-2/h3-4H,1-2H3,(H,10,13). The Morgan fingerprint density at radius 2 is 2.21 bits per heavy atom. The molecule has 14 heavy (non-hydrogen) atoms. The normalized spacial score (nSPS) is 10.4. The summed E-state index contributed by atoms with van der Waals surface area (Å²) in [5, 5.41) is 0.745. The predicted octanol–water partition coefficient (Wildman–Crippen LogP) is 0.635. The van der Waals surface area contributed by atoms with Crippen molar-refractivity contribution in [2.24, 2.45) is 0 Å². The second-order valence-electron chi connectivity index (χ2n) is 2.89. The average molecular weight is 191 g/mol. The lowest BCUT2D eigenvalue weighted by Gasteiger charge is -2.02. The van der Waals surface area contributed by atoms with Gasteiger partial charge in [0.05, 0.1) is 18.3 Å². The number of pyridine rings is 1. The topological polar surface area (TPSA) is 67.9 Å². The molecule has 0 aliphatic rings. The second kappa shape index (κ2) is 3.10. The van der Waals surface area contributed by atoms with Crippen LogP contribution in [0.5, 0.6) is 6.01 Å². The van der Waals surface area contributed by atoms with Crippen molar-refractivity contribution >= 4 is 10.9 Å². The first-order valence-corrected chi connectivity index (χ1v) is 4.12. The summed E-state index contributed by atoms with van der Waals surface area (Å²) in [7, 11) is 1.51. The van der Waals surface area contributed by atoms with Gasteiger partial charge in [0.2, 0.25) is 5.56 Å². The molecule has 2 heterocycles. The Kier molecular flexibility index (Phi) is 1.92. The van der Waals surface area contributed by atoms with Crippen LogP contribution in [0.4, 0.5) is 0 Å². The lowest BCUT2D eigenvalue weighted by Crippen LogP contribution is -2.05. The van der Waals surface area contributed by atoms with Gasteiger partial charge in [-0.3, -0.25) is 4.79 Å². The molecule has 5 heteroatoms. The highest BCUT2D eigenvalue weighted by Crippen LogP contribution is 2.14. The van der Waals surface area contributed by atoms with Crippen LogP contribution in [-0.2, 0) is 0 Å². The molecule has 0 saturated heterocycles. The molecule has 5 nitrogen and oxygen atoms in total. The maximum absolute atomic E-state index is 11.0. The van der Waals surface area contributed by atoms with Crippen molar-refractivity contribution in [1.82, 2.24) is 15.0 Å². The largest absolute Gasteiger partial charge is 0.467 e. The number of aromatic amines is 1. The molecule has 2 aromatic heterocycles. The van der Waals surface area contributed by atoms with Crippen LogP contribution in [0.25, 0.3) is 10.9 Å². The number of aromatic nitrogens is 3. The van der Waals surface area contributed by atoms with Crippen molar-refractivity contribution in [2.45, 2.75) is 6.92 Å². The van der Waals surface area contributed by atoms with Crippen LogP contribution in [0.3, 0.4) is 0 Å². The first-order chi connectivity index (χ1) is 6.70. The molecule has 0 fully saturated rings. The van der Waals surface area contributed by atoms with Gasteiger partial charge in [-0.25, -0.2) is 0 Å². The maximum atomic E-state index is 11.0. The molecule has 0 amide bonds. The summed E-state index contributed by atoms with van der Waals surface area (Å²) < 4.78 is 4.92. The van der Waals surface area contributed by atoms with Gasteiger partial charge < -0.3 is 9.72 Å². The Hall–Kier alpha value is -1.91. The quantitative estimate of drug-likeness (QED) is 0.718. The maximum Gasteiger partial charge on any atom is 0.316 e. The number of rotatable bonds is 1. The van der Waals surface area contributed by atoms with Crippen LogP contribution in [0.1, 0.15) is 5.69 Å². The molecular formula is C9H9N3O2. The van der Waals surface area contributed by atoms with Crippen molar-refractivity contribution in [1.29, 1.82) is 0 Å². The fourth-order valence-electron chi connectivity index (χ4n) is 1.27. The van der Waals surface area contributed by atoms with Crippen LogP contribution in [0.2, 0.25) is 0 Å². The van der Waals surface area contributed by atoms with Crippen LogP contribution in [0, 0.1) is 6.92 Å². The van der Waals surface area contributed by atoms with Gasteiger partial charge in [0.15, 0.2) is 0 Å². The number of nitrogens with zero attached hydrogens (tertiary/aromatic N) is 2. The van der Waals surface area contributed by atoms with Gasteiger partial charge in [-0.15, -0.1) is 0 Å². The number of hydrogen-bond acceptors (Lipinski definition) is 4. The summed E-state index contributed by atoms with van der Waals surface area (Å²) in [4.78, 5) is 21.8. The van der Waals surface area contributed by atoms with Gasteiger partial charge in [0, 0.05) is 17.6 Å². The van der Waals surface area contributed by atoms with Gasteiger partial charge >= 0.3 is 6.01 Å². The van der Waals surface area contributed by atoms with Gasteiger partial charge in [-0.2, -0.15) is 9.97 Å². The number of H-pyrrole nitrogens is 1. The van der Waals surface area contributed by atoms with E-state index in [0.717, 1.165) is 11.1 Å². The first kappa shape index (κ1) is 8.68. The van der Waals surface area contributed by atoms with Crippen LogP contribution < -0.4 is 10.3 Å².